The summed E-state index contributed by atoms with van der Waals surface area (Å²) in [4.78, 5) is 16.8. The standard InChI is InChI=1S/C13H11Cl2N3O4S2/c1-22-4-5-24(20,21)17-12(19)8-6-18-9-3-2-7(14)10(15)11(9)23-13(18)16-8/h2-3,6H,4-5H2,1H3,(H,17,19). The van der Waals surface area contributed by atoms with Gasteiger partial charge >= 0.3 is 0 Å². The van der Waals surface area contributed by atoms with Gasteiger partial charge in [-0.25, -0.2) is 18.1 Å². The van der Waals surface area contributed by atoms with E-state index in [-0.39, 0.29) is 18.1 Å². The topological polar surface area (TPSA) is 89.8 Å². The van der Waals surface area contributed by atoms with Crippen LogP contribution in [-0.2, 0) is 14.8 Å². The van der Waals surface area contributed by atoms with Crippen LogP contribution in [0, 0.1) is 0 Å². The molecule has 2 aromatic heterocycles. The second-order valence-electron chi connectivity index (χ2n) is 4.83. The first-order valence-corrected chi connectivity index (χ1v) is 9.84. The molecule has 3 rings (SSSR count). The van der Waals surface area contributed by atoms with Crippen LogP contribution in [0.2, 0.25) is 10.0 Å². The van der Waals surface area contributed by atoms with Crippen molar-refractivity contribution in [2.45, 2.75) is 0 Å². The lowest BCUT2D eigenvalue weighted by atomic mass is 10.3. The van der Waals surface area contributed by atoms with E-state index in [1.165, 1.54) is 24.6 Å². The average Bonchev–Trinajstić information content (AvgIpc) is 3.07. The molecule has 0 fully saturated rings. The Bertz CT molecular complexity index is 1040. The smallest absolute Gasteiger partial charge is 0.284 e. The fourth-order valence-electron chi connectivity index (χ4n) is 2.05. The zero-order valence-corrected chi connectivity index (χ0v) is 15.4. The van der Waals surface area contributed by atoms with E-state index >= 15 is 0 Å². The highest BCUT2D eigenvalue weighted by Crippen LogP contribution is 2.36. The second kappa shape index (κ2) is 6.49. The Balaban J connectivity index is 1.94. The number of nitrogens with zero attached hydrogens (tertiary/aromatic N) is 2. The number of carbonyl (C=O) groups is 1. The number of nitrogens with one attached hydrogen (secondary N) is 1. The van der Waals surface area contributed by atoms with E-state index in [1.54, 1.807) is 16.5 Å². The number of benzene rings is 1. The van der Waals surface area contributed by atoms with Crippen LogP contribution in [-0.4, -0.2) is 43.2 Å². The van der Waals surface area contributed by atoms with Crippen molar-refractivity contribution >= 4 is 65.6 Å². The Morgan fingerprint density at radius 1 is 1.42 bits per heavy atom. The molecule has 1 aromatic carbocycles. The number of hydrogen-bond donors (Lipinski definition) is 1. The van der Waals surface area contributed by atoms with E-state index in [9.17, 15) is 13.2 Å². The molecule has 1 N–H and O–H groups in total. The SMILES string of the molecule is COCCS(=O)(=O)NC(=O)c1cn2c(n1)sc1c(Cl)c(Cl)ccc12. The number of amides is 1. The normalized spacial score (nSPS) is 12.1. The van der Waals surface area contributed by atoms with Gasteiger partial charge in [-0.1, -0.05) is 34.5 Å². The third-order valence-corrected chi connectivity index (χ3v) is 6.40. The molecule has 3 aromatic rings. The average molecular weight is 408 g/mol. The molecule has 2 heterocycles. The Labute approximate surface area is 151 Å². The van der Waals surface area contributed by atoms with Crippen LogP contribution in [0.1, 0.15) is 10.5 Å². The van der Waals surface area contributed by atoms with Crippen molar-refractivity contribution < 1.29 is 17.9 Å². The van der Waals surface area contributed by atoms with Crippen molar-refractivity contribution in [1.29, 1.82) is 0 Å². The minimum absolute atomic E-state index is 0.00443. The maximum atomic E-state index is 12.1. The molecule has 0 saturated carbocycles. The van der Waals surface area contributed by atoms with Crippen LogP contribution in [0.4, 0.5) is 0 Å². The van der Waals surface area contributed by atoms with Crippen molar-refractivity contribution in [3.63, 3.8) is 0 Å². The quantitative estimate of drug-likeness (QED) is 0.701. The Hall–Kier alpha value is -1.39. The van der Waals surface area contributed by atoms with Gasteiger partial charge in [-0.2, -0.15) is 0 Å². The van der Waals surface area contributed by atoms with E-state index in [0.29, 0.717) is 15.0 Å². The molecule has 0 aliphatic heterocycles. The number of fused-ring (bicyclic) bond motifs is 3. The molecule has 0 saturated heterocycles. The Morgan fingerprint density at radius 3 is 2.88 bits per heavy atom. The maximum Gasteiger partial charge on any atom is 0.284 e. The van der Waals surface area contributed by atoms with E-state index in [4.69, 9.17) is 27.9 Å². The number of halogens is 2. The molecule has 0 radical (unpaired) electrons. The lowest BCUT2D eigenvalue weighted by molar-refractivity contribution is 0.0977. The van der Waals surface area contributed by atoms with Gasteiger partial charge in [0.25, 0.3) is 5.91 Å². The summed E-state index contributed by atoms with van der Waals surface area (Å²) in [7, 11) is -2.40. The summed E-state index contributed by atoms with van der Waals surface area (Å²) in [6.07, 6.45) is 1.46. The Kier molecular flexibility index (Phi) is 4.71. The van der Waals surface area contributed by atoms with Crippen molar-refractivity contribution in [3.05, 3.63) is 34.1 Å². The molecule has 11 heteroatoms. The van der Waals surface area contributed by atoms with E-state index in [2.05, 4.69) is 4.98 Å². The van der Waals surface area contributed by atoms with Crippen molar-refractivity contribution in [2.24, 2.45) is 0 Å². The number of aromatic nitrogens is 2. The van der Waals surface area contributed by atoms with Gasteiger partial charge in [0, 0.05) is 13.3 Å². The van der Waals surface area contributed by atoms with Crippen LogP contribution >= 0.6 is 34.5 Å². The number of thiazole rings is 1. The largest absolute Gasteiger partial charge is 0.384 e. The minimum atomic E-state index is -3.78. The van der Waals surface area contributed by atoms with Gasteiger partial charge in [0.1, 0.15) is 5.69 Å². The summed E-state index contributed by atoms with van der Waals surface area (Å²) in [5, 5.41) is 0.841. The predicted octanol–water partition coefficient (Wildman–Crippen LogP) is 2.56. The number of carbonyl (C=O) groups excluding carboxylic acids is 1. The number of hydrogen-bond acceptors (Lipinski definition) is 6. The van der Waals surface area contributed by atoms with Gasteiger partial charge < -0.3 is 4.74 Å². The summed E-state index contributed by atoms with van der Waals surface area (Å²) in [5.74, 6) is -1.11. The van der Waals surface area contributed by atoms with E-state index in [1.807, 2.05) is 4.72 Å². The molecule has 7 nitrogen and oxygen atoms in total. The fraction of sp³-hybridized carbons (Fsp3) is 0.231. The molecule has 24 heavy (non-hydrogen) atoms. The number of ether oxygens (including phenoxy) is 1. The van der Waals surface area contributed by atoms with Crippen LogP contribution in [0.5, 0.6) is 0 Å². The van der Waals surface area contributed by atoms with Crippen molar-refractivity contribution in [3.8, 4) is 0 Å². The monoisotopic (exact) mass is 407 g/mol. The third kappa shape index (κ3) is 3.22. The molecule has 0 aliphatic carbocycles. The predicted molar refractivity (Wildman–Crippen MR) is 93.7 cm³/mol. The van der Waals surface area contributed by atoms with Crippen molar-refractivity contribution in [1.82, 2.24) is 14.1 Å². The highest BCUT2D eigenvalue weighted by atomic mass is 35.5. The van der Waals surface area contributed by atoms with E-state index in [0.717, 1.165) is 10.2 Å². The first-order valence-electron chi connectivity index (χ1n) is 6.62. The van der Waals surface area contributed by atoms with Crippen LogP contribution < -0.4 is 4.72 Å². The van der Waals surface area contributed by atoms with Gasteiger partial charge in [-0.15, -0.1) is 0 Å². The molecule has 0 aliphatic rings. The first-order chi connectivity index (χ1) is 11.3. The zero-order chi connectivity index (χ0) is 17.5. The number of rotatable bonds is 5. The maximum absolute atomic E-state index is 12.1. The molecular weight excluding hydrogens is 397 g/mol. The van der Waals surface area contributed by atoms with Gasteiger partial charge in [0.05, 0.1) is 32.6 Å². The lowest BCUT2D eigenvalue weighted by Crippen LogP contribution is -2.33. The summed E-state index contributed by atoms with van der Waals surface area (Å²) in [5.41, 5.74) is 0.730. The van der Waals surface area contributed by atoms with Crippen molar-refractivity contribution in [2.75, 3.05) is 19.5 Å². The second-order valence-corrected chi connectivity index (χ2v) is 8.44. The molecule has 128 valence electrons. The molecule has 0 unspecified atom stereocenters. The summed E-state index contributed by atoms with van der Waals surface area (Å²) in [6.45, 7) is -0.00914. The summed E-state index contributed by atoms with van der Waals surface area (Å²) < 4.78 is 32.6. The highest BCUT2D eigenvalue weighted by molar-refractivity contribution is 7.90. The zero-order valence-electron chi connectivity index (χ0n) is 12.2. The fourth-order valence-corrected chi connectivity index (χ4v) is 4.47. The van der Waals surface area contributed by atoms with Gasteiger partial charge in [0.2, 0.25) is 10.0 Å². The van der Waals surface area contributed by atoms with Gasteiger partial charge in [0.15, 0.2) is 4.96 Å². The number of sulfonamides is 1. The molecule has 0 spiro atoms. The van der Waals surface area contributed by atoms with Gasteiger partial charge in [-0.05, 0) is 12.1 Å². The minimum Gasteiger partial charge on any atom is -0.384 e. The Morgan fingerprint density at radius 2 is 2.17 bits per heavy atom. The van der Waals surface area contributed by atoms with Crippen LogP contribution in [0.3, 0.4) is 0 Å². The molecular formula is C13H11Cl2N3O4S2. The molecule has 0 atom stereocenters. The number of methoxy groups -OCH3 is 1. The first kappa shape index (κ1) is 17.4. The van der Waals surface area contributed by atoms with Crippen LogP contribution in [0.25, 0.3) is 15.2 Å². The lowest BCUT2D eigenvalue weighted by Gasteiger charge is -2.04. The third-order valence-electron chi connectivity index (χ3n) is 3.19. The van der Waals surface area contributed by atoms with Gasteiger partial charge in [-0.3, -0.25) is 9.20 Å². The van der Waals surface area contributed by atoms with Crippen LogP contribution in [0.15, 0.2) is 18.3 Å². The molecule has 1 amide bonds. The number of imidazole rings is 1. The summed E-state index contributed by atoms with van der Waals surface area (Å²) >= 11 is 13.4. The molecule has 0 bridgehead atoms. The van der Waals surface area contributed by atoms with E-state index < -0.39 is 15.9 Å². The summed E-state index contributed by atoms with van der Waals surface area (Å²) in [6, 6.07) is 3.40. The highest BCUT2D eigenvalue weighted by Gasteiger charge is 2.20.